The van der Waals surface area contributed by atoms with Crippen molar-refractivity contribution in [1.29, 1.82) is 0 Å². The maximum absolute atomic E-state index is 11.0. The minimum absolute atomic E-state index is 0.00497. The van der Waals surface area contributed by atoms with Crippen molar-refractivity contribution in [3.05, 3.63) is 33.9 Å². The average Bonchev–Trinajstić information content (AvgIpc) is 2.36. The summed E-state index contributed by atoms with van der Waals surface area (Å²) in [4.78, 5) is 10.6. The monoisotopic (exact) mass is 280 g/mol. The molecule has 0 amide bonds. The number of benzene rings is 1. The summed E-state index contributed by atoms with van der Waals surface area (Å²) >= 11 is 0. The van der Waals surface area contributed by atoms with Gasteiger partial charge in [-0.05, 0) is 38.8 Å². The lowest BCUT2D eigenvalue weighted by atomic mass is 10.1. The summed E-state index contributed by atoms with van der Waals surface area (Å²) in [5, 5.41) is 14.3. The van der Waals surface area contributed by atoms with Gasteiger partial charge in [0.2, 0.25) is 0 Å². The first kappa shape index (κ1) is 16.4. The number of hydrogen-bond donors (Lipinski definition) is 1. The molecule has 20 heavy (non-hydrogen) atoms. The molecule has 0 aliphatic carbocycles. The van der Waals surface area contributed by atoms with E-state index in [1.165, 1.54) is 6.07 Å². The average molecular weight is 280 g/mol. The molecule has 5 nitrogen and oxygen atoms in total. The molecule has 0 aromatic heterocycles. The Bertz CT molecular complexity index is 453. The van der Waals surface area contributed by atoms with Crippen LogP contribution >= 0.6 is 0 Å². The summed E-state index contributed by atoms with van der Waals surface area (Å²) in [5.41, 5.74) is 1.02. The van der Waals surface area contributed by atoms with Crippen molar-refractivity contribution < 1.29 is 9.66 Å². The van der Waals surface area contributed by atoms with E-state index in [2.05, 4.69) is 33.0 Å². The topological polar surface area (TPSA) is 64.4 Å². The number of nitrogens with one attached hydrogen (secondary N) is 1. The van der Waals surface area contributed by atoms with Gasteiger partial charge in [0.1, 0.15) is 0 Å². The van der Waals surface area contributed by atoms with Crippen molar-refractivity contribution in [3.63, 3.8) is 0 Å². The summed E-state index contributed by atoms with van der Waals surface area (Å²) in [6.07, 6.45) is 1.89. The van der Waals surface area contributed by atoms with Crippen LogP contribution in [0.3, 0.4) is 0 Å². The molecular formula is C15H24N2O3. The van der Waals surface area contributed by atoms with Gasteiger partial charge in [-0.25, -0.2) is 0 Å². The fraction of sp³-hybridized carbons (Fsp3) is 0.600. The van der Waals surface area contributed by atoms with E-state index in [4.69, 9.17) is 4.74 Å². The van der Waals surface area contributed by atoms with E-state index in [0.29, 0.717) is 18.9 Å². The number of nitro groups is 1. The van der Waals surface area contributed by atoms with E-state index in [0.717, 1.165) is 18.4 Å². The Balaban J connectivity index is 2.83. The van der Waals surface area contributed by atoms with Crippen LogP contribution in [0, 0.1) is 10.1 Å². The van der Waals surface area contributed by atoms with Gasteiger partial charge < -0.3 is 10.1 Å². The molecule has 0 saturated heterocycles. The first-order chi connectivity index (χ1) is 9.33. The van der Waals surface area contributed by atoms with Crippen LogP contribution in [0.4, 0.5) is 5.69 Å². The van der Waals surface area contributed by atoms with Crippen LogP contribution in [0.15, 0.2) is 18.2 Å². The van der Waals surface area contributed by atoms with Crippen LogP contribution in [0.2, 0.25) is 0 Å². The molecule has 0 atom stereocenters. The van der Waals surface area contributed by atoms with Crippen LogP contribution in [0.5, 0.6) is 5.75 Å². The van der Waals surface area contributed by atoms with Crippen LogP contribution < -0.4 is 10.1 Å². The summed E-state index contributed by atoms with van der Waals surface area (Å²) in [6, 6.07) is 5.04. The highest BCUT2D eigenvalue weighted by molar-refractivity contribution is 5.48. The van der Waals surface area contributed by atoms with Gasteiger partial charge in [0.25, 0.3) is 0 Å². The highest BCUT2D eigenvalue weighted by Crippen LogP contribution is 2.28. The van der Waals surface area contributed by atoms with Gasteiger partial charge in [-0.3, -0.25) is 10.1 Å². The number of hydrogen-bond acceptors (Lipinski definition) is 4. The normalized spacial score (nSPS) is 11.4. The van der Waals surface area contributed by atoms with E-state index in [-0.39, 0.29) is 11.2 Å². The third kappa shape index (κ3) is 5.57. The van der Waals surface area contributed by atoms with Crippen LogP contribution in [-0.4, -0.2) is 17.1 Å². The smallest absolute Gasteiger partial charge is 0.310 e. The molecule has 0 aliphatic rings. The summed E-state index contributed by atoms with van der Waals surface area (Å²) in [6.45, 7) is 9.46. The molecule has 112 valence electrons. The molecule has 1 rings (SSSR count). The minimum atomic E-state index is -0.401. The molecule has 0 unspecified atom stereocenters. The summed E-state index contributed by atoms with van der Waals surface area (Å²) in [5.74, 6) is 0.358. The molecule has 0 radical (unpaired) electrons. The molecule has 0 saturated carbocycles. The van der Waals surface area contributed by atoms with E-state index < -0.39 is 4.92 Å². The van der Waals surface area contributed by atoms with E-state index in [1.54, 1.807) is 12.1 Å². The quantitative estimate of drug-likeness (QED) is 0.470. The zero-order valence-corrected chi connectivity index (χ0v) is 12.7. The van der Waals surface area contributed by atoms with Gasteiger partial charge in [0.15, 0.2) is 5.75 Å². The van der Waals surface area contributed by atoms with Crippen molar-refractivity contribution in [2.45, 2.75) is 52.6 Å². The van der Waals surface area contributed by atoms with Crippen molar-refractivity contribution in [1.82, 2.24) is 5.32 Å². The minimum Gasteiger partial charge on any atom is -0.487 e. The van der Waals surface area contributed by atoms with Crippen molar-refractivity contribution in [3.8, 4) is 5.75 Å². The number of nitrogens with zero attached hydrogens (tertiary/aromatic N) is 1. The molecule has 0 aliphatic heterocycles. The molecular weight excluding hydrogens is 256 g/mol. The van der Waals surface area contributed by atoms with E-state index >= 15 is 0 Å². The number of rotatable bonds is 7. The molecule has 5 heteroatoms. The largest absolute Gasteiger partial charge is 0.487 e. The number of ether oxygens (including phenoxy) is 1. The van der Waals surface area contributed by atoms with Gasteiger partial charge in [-0.15, -0.1) is 0 Å². The molecule has 1 N–H and O–H groups in total. The SMILES string of the molecule is CCCCOc1cc(CNC(C)(C)C)ccc1[N+](=O)[O-]. The molecule has 0 spiro atoms. The fourth-order valence-electron chi connectivity index (χ4n) is 1.63. The second-order valence-electron chi connectivity index (χ2n) is 5.86. The Hall–Kier alpha value is -1.62. The predicted octanol–water partition coefficient (Wildman–Crippen LogP) is 3.66. The van der Waals surface area contributed by atoms with Crippen LogP contribution in [0.1, 0.15) is 46.1 Å². The Morgan fingerprint density at radius 1 is 1.35 bits per heavy atom. The van der Waals surface area contributed by atoms with Gasteiger partial charge in [-0.1, -0.05) is 19.4 Å². The number of unbranched alkanes of at least 4 members (excludes halogenated alkanes) is 1. The lowest BCUT2D eigenvalue weighted by Gasteiger charge is -2.20. The first-order valence-electron chi connectivity index (χ1n) is 6.98. The molecule has 0 bridgehead atoms. The predicted molar refractivity (Wildman–Crippen MR) is 80.1 cm³/mol. The van der Waals surface area contributed by atoms with Crippen molar-refractivity contribution >= 4 is 5.69 Å². The Labute approximate surface area is 120 Å². The van der Waals surface area contributed by atoms with Crippen LogP contribution in [-0.2, 0) is 6.54 Å². The molecule has 0 heterocycles. The van der Waals surface area contributed by atoms with Gasteiger partial charge >= 0.3 is 5.69 Å². The Morgan fingerprint density at radius 3 is 2.60 bits per heavy atom. The van der Waals surface area contributed by atoms with Crippen molar-refractivity contribution in [2.24, 2.45) is 0 Å². The molecule has 1 aromatic rings. The van der Waals surface area contributed by atoms with Gasteiger partial charge in [0, 0.05) is 18.2 Å². The maximum Gasteiger partial charge on any atom is 0.310 e. The third-order valence-corrected chi connectivity index (χ3v) is 2.80. The lowest BCUT2D eigenvalue weighted by Crippen LogP contribution is -2.35. The van der Waals surface area contributed by atoms with Crippen molar-refractivity contribution in [2.75, 3.05) is 6.61 Å². The first-order valence-corrected chi connectivity index (χ1v) is 6.98. The zero-order chi connectivity index (χ0) is 15.2. The second-order valence-corrected chi connectivity index (χ2v) is 5.86. The Kier molecular flexibility index (Phi) is 5.95. The molecule has 1 aromatic carbocycles. The van der Waals surface area contributed by atoms with E-state index in [9.17, 15) is 10.1 Å². The lowest BCUT2D eigenvalue weighted by molar-refractivity contribution is -0.385. The summed E-state index contributed by atoms with van der Waals surface area (Å²) < 4.78 is 5.54. The highest BCUT2D eigenvalue weighted by Gasteiger charge is 2.16. The van der Waals surface area contributed by atoms with E-state index in [1.807, 2.05) is 0 Å². The van der Waals surface area contributed by atoms with Gasteiger partial charge in [-0.2, -0.15) is 0 Å². The maximum atomic E-state index is 11.0. The standard InChI is InChI=1S/C15H24N2O3/c1-5-6-9-20-14-10-12(11-16-15(2,3)4)7-8-13(14)17(18)19/h7-8,10,16H,5-6,9,11H2,1-4H3. The summed E-state index contributed by atoms with van der Waals surface area (Å²) in [7, 11) is 0. The Morgan fingerprint density at radius 2 is 2.05 bits per heavy atom. The fourth-order valence-corrected chi connectivity index (χ4v) is 1.63. The molecule has 0 fully saturated rings. The second kappa shape index (κ2) is 7.24. The van der Waals surface area contributed by atoms with Crippen LogP contribution in [0.25, 0.3) is 0 Å². The van der Waals surface area contributed by atoms with Gasteiger partial charge in [0.05, 0.1) is 11.5 Å². The highest BCUT2D eigenvalue weighted by atomic mass is 16.6. The number of nitro benzene ring substituents is 1. The third-order valence-electron chi connectivity index (χ3n) is 2.80. The zero-order valence-electron chi connectivity index (χ0n) is 12.7.